The van der Waals surface area contributed by atoms with Crippen LogP contribution in [0.1, 0.15) is 36.6 Å². The first-order valence-corrected chi connectivity index (χ1v) is 10.1. The Balaban J connectivity index is 1.46. The van der Waals surface area contributed by atoms with Crippen LogP contribution >= 0.6 is 11.3 Å². The van der Waals surface area contributed by atoms with Crippen molar-refractivity contribution < 1.29 is 0 Å². The van der Waals surface area contributed by atoms with Crippen LogP contribution in [-0.4, -0.2) is 25.1 Å². The van der Waals surface area contributed by atoms with Crippen LogP contribution in [-0.2, 0) is 0 Å². The lowest BCUT2D eigenvalue weighted by Crippen LogP contribution is -1.97. The van der Waals surface area contributed by atoms with Crippen molar-refractivity contribution in [3.05, 3.63) is 47.9 Å². The summed E-state index contributed by atoms with van der Waals surface area (Å²) in [6.45, 7) is 0. The van der Waals surface area contributed by atoms with Crippen LogP contribution in [0, 0.1) is 0 Å². The van der Waals surface area contributed by atoms with Gasteiger partial charge in [0, 0.05) is 24.0 Å². The topological polar surface area (TPSA) is 102 Å². The lowest BCUT2D eigenvalue weighted by molar-refractivity contribution is 0.705. The minimum Gasteiger partial charge on any atom is -0.383 e. The number of rotatable bonds is 4. The minimum absolute atomic E-state index is 0.449. The Hall–Kier alpha value is -3.13. The first-order valence-electron chi connectivity index (χ1n) is 9.33. The van der Waals surface area contributed by atoms with Crippen molar-refractivity contribution in [2.24, 2.45) is 0 Å². The van der Waals surface area contributed by atoms with Crippen LogP contribution < -0.4 is 11.1 Å². The summed E-state index contributed by atoms with van der Waals surface area (Å²) < 4.78 is 0. The van der Waals surface area contributed by atoms with E-state index in [4.69, 9.17) is 5.73 Å². The van der Waals surface area contributed by atoms with Crippen LogP contribution in [0.25, 0.3) is 21.6 Å². The Labute approximate surface area is 166 Å². The van der Waals surface area contributed by atoms with Gasteiger partial charge in [-0.25, -0.2) is 4.98 Å². The van der Waals surface area contributed by atoms with Crippen LogP contribution in [0.3, 0.4) is 0 Å². The molecule has 140 valence electrons. The molecule has 1 fully saturated rings. The number of nitrogen functional groups attached to an aromatic ring is 1. The van der Waals surface area contributed by atoms with E-state index in [1.165, 1.54) is 25.7 Å². The monoisotopic (exact) mass is 389 g/mol. The summed E-state index contributed by atoms with van der Waals surface area (Å²) in [6.07, 6.45) is 10.2. The van der Waals surface area contributed by atoms with Crippen LogP contribution in [0.5, 0.6) is 0 Å². The molecular weight excluding hydrogens is 370 g/mol. The van der Waals surface area contributed by atoms with Crippen molar-refractivity contribution in [3.8, 4) is 10.6 Å². The molecule has 1 aliphatic carbocycles. The van der Waals surface area contributed by atoms with Gasteiger partial charge in [0.25, 0.3) is 0 Å². The molecule has 0 bridgehead atoms. The van der Waals surface area contributed by atoms with Crippen LogP contribution in [0.2, 0.25) is 0 Å². The second-order valence-electron chi connectivity index (χ2n) is 6.97. The molecule has 0 aliphatic heterocycles. The normalized spacial score (nSPS) is 14.6. The summed E-state index contributed by atoms with van der Waals surface area (Å²) in [5.41, 5.74) is 10.4. The number of hydrogen-bond acceptors (Lipinski definition) is 8. The summed E-state index contributed by atoms with van der Waals surface area (Å²) in [4.78, 5) is 13.1. The maximum absolute atomic E-state index is 6.26. The summed E-state index contributed by atoms with van der Waals surface area (Å²) in [5, 5.41) is 14.0. The molecule has 0 amide bonds. The first-order chi connectivity index (χ1) is 13.8. The molecule has 4 aromatic rings. The second kappa shape index (κ2) is 7.12. The zero-order chi connectivity index (χ0) is 18.9. The summed E-state index contributed by atoms with van der Waals surface area (Å²) in [7, 11) is 0. The fourth-order valence-electron chi connectivity index (χ4n) is 3.59. The maximum Gasteiger partial charge on any atom is 0.151 e. The molecule has 28 heavy (non-hydrogen) atoms. The van der Waals surface area contributed by atoms with Crippen molar-refractivity contribution in [2.75, 3.05) is 11.1 Å². The molecule has 0 radical (unpaired) electrons. The summed E-state index contributed by atoms with van der Waals surface area (Å²) in [5.74, 6) is 0.991. The highest BCUT2D eigenvalue weighted by molar-refractivity contribution is 7.14. The van der Waals surface area contributed by atoms with Gasteiger partial charge in [-0.1, -0.05) is 24.2 Å². The first kappa shape index (κ1) is 17.0. The highest BCUT2D eigenvalue weighted by atomic mass is 32.1. The number of nitrogens with two attached hydrogens (primary N) is 1. The molecule has 8 heteroatoms. The van der Waals surface area contributed by atoms with E-state index in [-0.39, 0.29) is 0 Å². The highest BCUT2D eigenvalue weighted by Crippen LogP contribution is 2.38. The van der Waals surface area contributed by atoms with E-state index in [1.807, 2.05) is 24.3 Å². The predicted molar refractivity (Wildman–Crippen MR) is 112 cm³/mol. The smallest absolute Gasteiger partial charge is 0.151 e. The van der Waals surface area contributed by atoms with Gasteiger partial charge < -0.3 is 11.1 Å². The Morgan fingerprint density at radius 2 is 1.82 bits per heavy atom. The summed E-state index contributed by atoms with van der Waals surface area (Å²) in [6, 6.07) is 7.68. The molecule has 7 nitrogen and oxygen atoms in total. The van der Waals surface area contributed by atoms with Crippen molar-refractivity contribution in [3.63, 3.8) is 0 Å². The minimum atomic E-state index is 0.449. The van der Waals surface area contributed by atoms with E-state index in [1.54, 1.807) is 29.9 Å². The molecule has 0 unspecified atom stereocenters. The van der Waals surface area contributed by atoms with Crippen molar-refractivity contribution >= 4 is 39.6 Å². The fourth-order valence-corrected chi connectivity index (χ4v) is 4.63. The Kier molecular flexibility index (Phi) is 4.32. The number of anilines is 3. The van der Waals surface area contributed by atoms with Gasteiger partial charge in [-0.3, -0.25) is 9.97 Å². The highest BCUT2D eigenvalue weighted by Gasteiger charge is 2.22. The molecule has 1 aliphatic rings. The quantitative estimate of drug-likeness (QED) is 0.529. The van der Waals surface area contributed by atoms with E-state index in [9.17, 15) is 0 Å². The van der Waals surface area contributed by atoms with Gasteiger partial charge in [-0.05, 0) is 37.1 Å². The van der Waals surface area contributed by atoms with Gasteiger partial charge in [0.15, 0.2) is 5.01 Å². The number of aromatic nitrogens is 5. The molecule has 4 heterocycles. The van der Waals surface area contributed by atoms with Gasteiger partial charge in [0.05, 0.1) is 28.5 Å². The number of hydrogen-bond donors (Lipinski definition) is 2. The lowest BCUT2D eigenvalue weighted by Gasteiger charge is -2.08. The van der Waals surface area contributed by atoms with Crippen LogP contribution in [0.4, 0.5) is 17.2 Å². The van der Waals surface area contributed by atoms with Crippen molar-refractivity contribution in [1.82, 2.24) is 25.1 Å². The van der Waals surface area contributed by atoms with Gasteiger partial charge in [-0.15, -0.1) is 10.2 Å². The average molecular weight is 389 g/mol. The van der Waals surface area contributed by atoms with E-state index in [0.717, 1.165) is 38.0 Å². The SMILES string of the molecule is Nc1nc2cc(Nc3ccncc3)cnc2cc1-c1nnc(C2CCCC2)s1. The Morgan fingerprint density at radius 3 is 2.64 bits per heavy atom. The van der Waals surface area contributed by atoms with E-state index >= 15 is 0 Å². The molecule has 0 aromatic carbocycles. The molecule has 1 saturated carbocycles. The number of fused-ring (bicyclic) bond motifs is 1. The van der Waals surface area contributed by atoms with E-state index in [0.29, 0.717) is 11.7 Å². The Morgan fingerprint density at radius 1 is 1.00 bits per heavy atom. The number of nitrogens with zero attached hydrogens (tertiary/aromatic N) is 5. The Bertz CT molecular complexity index is 1120. The third-order valence-electron chi connectivity index (χ3n) is 5.04. The third-order valence-corrected chi connectivity index (χ3v) is 6.16. The fraction of sp³-hybridized carbons (Fsp3) is 0.250. The molecule has 0 saturated heterocycles. The van der Waals surface area contributed by atoms with Gasteiger partial charge in [0.2, 0.25) is 0 Å². The molecule has 0 spiro atoms. The predicted octanol–water partition coefficient (Wildman–Crippen LogP) is 4.53. The molecule has 4 aromatic heterocycles. The molecular formula is C20H19N7S. The van der Waals surface area contributed by atoms with E-state index < -0.39 is 0 Å². The van der Waals surface area contributed by atoms with Gasteiger partial charge in [0.1, 0.15) is 10.8 Å². The standard InChI is InChI=1S/C20H19N7S/c21-18-15(20-27-26-19(28-20)12-3-1-2-4-12)10-16-17(25-18)9-14(11-23-16)24-13-5-7-22-8-6-13/h5-12H,1-4H2,(H2,21,25)(H,22,24). The van der Waals surface area contributed by atoms with Crippen LogP contribution in [0.15, 0.2) is 42.9 Å². The zero-order valence-electron chi connectivity index (χ0n) is 15.2. The average Bonchev–Trinajstić information content (AvgIpc) is 3.40. The van der Waals surface area contributed by atoms with Crippen molar-refractivity contribution in [1.29, 1.82) is 0 Å². The van der Waals surface area contributed by atoms with E-state index in [2.05, 4.69) is 30.5 Å². The van der Waals surface area contributed by atoms with Crippen molar-refractivity contribution in [2.45, 2.75) is 31.6 Å². The number of nitrogens with one attached hydrogen (secondary N) is 1. The maximum atomic E-state index is 6.26. The molecule has 5 rings (SSSR count). The molecule has 0 atom stereocenters. The largest absolute Gasteiger partial charge is 0.383 e. The lowest BCUT2D eigenvalue weighted by atomic mass is 10.1. The third kappa shape index (κ3) is 3.27. The second-order valence-corrected chi connectivity index (χ2v) is 7.98. The van der Waals surface area contributed by atoms with Gasteiger partial charge in [-0.2, -0.15) is 0 Å². The zero-order valence-corrected chi connectivity index (χ0v) is 16.0. The number of pyridine rings is 3. The molecule has 3 N–H and O–H groups in total. The summed E-state index contributed by atoms with van der Waals surface area (Å²) >= 11 is 1.62. The van der Waals surface area contributed by atoms with Gasteiger partial charge >= 0.3 is 0 Å².